The van der Waals surface area contributed by atoms with Crippen LogP contribution in [0.4, 0.5) is 0 Å². The Kier molecular flexibility index (Phi) is 5.53. The fourth-order valence-electron chi connectivity index (χ4n) is 2.21. The van der Waals surface area contributed by atoms with Crippen molar-refractivity contribution in [3.05, 3.63) is 71.8 Å². The molecule has 24 heavy (non-hydrogen) atoms. The van der Waals surface area contributed by atoms with Gasteiger partial charge in [-0.25, -0.2) is 9.59 Å². The first-order chi connectivity index (χ1) is 11.4. The summed E-state index contributed by atoms with van der Waals surface area (Å²) < 4.78 is 10.5. The van der Waals surface area contributed by atoms with Crippen LogP contribution < -0.4 is 0 Å². The Balaban J connectivity index is 2.26. The lowest BCUT2D eigenvalue weighted by molar-refractivity contribution is -0.141. The number of ether oxygens (including phenoxy) is 2. The van der Waals surface area contributed by atoms with Crippen molar-refractivity contribution in [2.75, 3.05) is 0 Å². The minimum atomic E-state index is -0.418. The zero-order valence-corrected chi connectivity index (χ0v) is 13.9. The van der Waals surface area contributed by atoms with Gasteiger partial charge in [0.1, 0.15) is 13.2 Å². The molecule has 0 aromatic heterocycles. The van der Waals surface area contributed by atoms with Gasteiger partial charge in [-0.3, -0.25) is 0 Å². The Morgan fingerprint density at radius 3 is 1.50 bits per heavy atom. The van der Waals surface area contributed by atoms with E-state index in [9.17, 15) is 9.59 Å². The molecule has 0 aliphatic rings. The molecule has 2 aromatic carbocycles. The van der Waals surface area contributed by atoms with Crippen LogP contribution in [-0.2, 0) is 32.3 Å². The maximum Gasteiger partial charge on any atom is 0.333 e. The second-order valence-electron chi connectivity index (χ2n) is 5.64. The summed E-state index contributed by atoms with van der Waals surface area (Å²) in [6.07, 6.45) is 0. The smallest absolute Gasteiger partial charge is 0.333 e. The van der Waals surface area contributed by atoms with E-state index in [1.165, 1.54) is 0 Å². The highest BCUT2D eigenvalue weighted by Gasteiger charge is 2.10. The number of hydrogen-bond donors (Lipinski definition) is 0. The molecule has 2 rings (SSSR count). The lowest BCUT2D eigenvalue weighted by Crippen LogP contribution is -2.07. The molecule has 4 heteroatoms. The van der Waals surface area contributed by atoms with E-state index in [4.69, 9.17) is 9.47 Å². The number of fused-ring (bicyclic) bond motifs is 1. The summed E-state index contributed by atoms with van der Waals surface area (Å²) in [6.45, 7) is 10.7. The van der Waals surface area contributed by atoms with Crippen LogP contribution in [0.15, 0.2) is 60.7 Å². The Morgan fingerprint density at radius 1 is 0.792 bits per heavy atom. The van der Waals surface area contributed by atoms with Gasteiger partial charge in [-0.2, -0.15) is 0 Å². The molecule has 0 unspecified atom stereocenters. The molecule has 2 aromatic rings. The number of rotatable bonds is 6. The van der Waals surface area contributed by atoms with Gasteiger partial charge in [0.15, 0.2) is 0 Å². The van der Waals surface area contributed by atoms with E-state index in [-0.39, 0.29) is 13.2 Å². The van der Waals surface area contributed by atoms with Gasteiger partial charge in [0.2, 0.25) is 0 Å². The highest BCUT2D eigenvalue weighted by Crippen LogP contribution is 2.24. The van der Waals surface area contributed by atoms with Crippen molar-refractivity contribution < 1.29 is 19.1 Å². The van der Waals surface area contributed by atoms with Crippen molar-refractivity contribution in [3.8, 4) is 0 Å². The molecule has 0 aliphatic carbocycles. The van der Waals surface area contributed by atoms with E-state index >= 15 is 0 Å². The third-order valence-electron chi connectivity index (χ3n) is 3.52. The predicted molar refractivity (Wildman–Crippen MR) is 93.2 cm³/mol. The number of hydrogen-bond acceptors (Lipinski definition) is 4. The summed E-state index contributed by atoms with van der Waals surface area (Å²) in [5.74, 6) is -0.836. The molecule has 0 radical (unpaired) electrons. The van der Waals surface area contributed by atoms with Crippen LogP contribution in [0.1, 0.15) is 25.0 Å². The Morgan fingerprint density at radius 2 is 1.17 bits per heavy atom. The van der Waals surface area contributed by atoms with Crippen LogP contribution in [0.25, 0.3) is 10.8 Å². The molecule has 0 bridgehead atoms. The minimum absolute atomic E-state index is 0.165. The van der Waals surface area contributed by atoms with Crippen molar-refractivity contribution in [2.24, 2.45) is 0 Å². The van der Waals surface area contributed by atoms with Gasteiger partial charge in [0.25, 0.3) is 0 Å². The van der Waals surface area contributed by atoms with E-state index < -0.39 is 11.9 Å². The third-order valence-corrected chi connectivity index (χ3v) is 3.52. The van der Waals surface area contributed by atoms with Crippen LogP contribution in [-0.4, -0.2) is 11.9 Å². The van der Waals surface area contributed by atoms with Crippen LogP contribution in [0, 0.1) is 0 Å². The van der Waals surface area contributed by atoms with E-state index in [2.05, 4.69) is 13.2 Å². The van der Waals surface area contributed by atoms with Crippen LogP contribution >= 0.6 is 0 Å². The summed E-state index contributed by atoms with van der Waals surface area (Å²) in [5.41, 5.74) is 2.50. The normalized spacial score (nSPS) is 10.2. The van der Waals surface area contributed by atoms with Crippen molar-refractivity contribution in [2.45, 2.75) is 27.1 Å². The largest absolute Gasteiger partial charge is 0.457 e. The highest BCUT2D eigenvalue weighted by atomic mass is 16.5. The SMILES string of the molecule is C=C(C)C(=O)OCc1ccc(COC(=O)C(=C)C)c2ccccc12. The first kappa shape index (κ1) is 17.5. The van der Waals surface area contributed by atoms with E-state index in [1.54, 1.807) is 13.8 Å². The van der Waals surface area contributed by atoms with Crippen molar-refractivity contribution in [1.29, 1.82) is 0 Å². The van der Waals surface area contributed by atoms with E-state index in [0.717, 1.165) is 21.9 Å². The number of carbonyl (C=O) groups excluding carboxylic acids is 2. The average molecular weight is 324 g/mol. The van der Waals surface area contributed by atoms with Crippen LogP contribution in [0.2, 0.25) is 0 Å². The fourth-order valence-corrected chi connectivity index (χ4v) is 2.21. The maximum absolute atomic E-state index is 11.6. The van der Waals surface area contributed by atoms with Gasteiger partial charge < -0.3 is 9.47 Å². The molecule has 0 saturated carbocycles. The summed E-state index contributed by atoms with van der Waals surface area (Å²) in [7, 11) is 0. The molecule has 0 saturated heterocycles. The molecule has 0 atom stereocenters. The highest BCUT2D eigenvalue weighted by molar-refractivity contribution is 5.90. The molecule has 0 aliphatic heterocycles. The fraction of sp³-hybridized carbons (Fsp3) is 0.200. The Hall–Kier alpha value is -2.88. The van der Waals surface area contributed by atoms with Gasteiger partial charge >= 0.3 is 11.9 Å². The standard InChI is InChI=1S/C20H20O4/c1-13(2)19(21)23-11-15-9-10-16(12-24-20(22)14(3)4)18-8-6-5-7-17(15)18/h5-10H,1,3,11-12H2,2,4H3. The molecule has 0 spiro atoms. The molecule has 0 fully saturated rings. The third kappa shape index (κ3) is 4.10. The predicted octanol–water partition coefficient (Wildman–Crippen LogP) is 4.08. The van der Waals surface area contributed by atoms with Gasteiger partial charge in [0, 0.05) is 11.1 Å². The quantitative estimate of drug-likeness (QED) is 0.593. The lowest BCUT2D eigenvalue weighted by Gasteiger charge is -2.12. The molecule has 0 heterocycles. The molecule has 124 valence electrons. The number of esters is 2. The molecular formula is C20H20O4. The van der Waals surface area contributed by atoms with Gasteiger partial charge in [-0.05, 0) is 35.7 Å². The minimum Gasteiger partial charge on any atom is -0.457 e. The van der Waals surface area contributed by atoms with Gasteiger partial charge in [-0.1, -0.05) is 49.6 Å². The summed E-state index contributed by atoms with van der Waals surface area (Å²) >= 11 is 0. The first-order valence-corrected chi connectivity index (χ1v) is 7.55. The summed E-state index contributed by atoms with van der Waals surface area (Å²) in [4.78, 5) is 23.1. The monoisotopic (exact) mass is 324 g/mol. The van der Waals surface area contributed by atoms with Crippen LogP contribution in [0.5, 0.6) is 0 Å². The topological polar surface area (TPSA) is 52.6 Å². The maximum atomic E-state index is 11.6. The number of carbonyl (C=O) groups is 2. The van der Waals surface area contributed by atoms with Crippen molar-refractivity contribution in [1.82, 2.24) is 0 Å². The molecule has 0 N–H and O–H groups in total. The zero-order chi connectivity index (χ0) is 17.7. The second-order valence-corrected chi connectivity index (χ2v) is 5.64. The second kappa shape index (κ2) is 7.59. The van der Waals surface area contributed by atoms with Crippen molar-refractivity contribution in [3.63, 3.8) is 0 Å². The average Bonchev–Trinajstić information content (AvgIpc) is 2.57. The molecule has 4 nitrogen and oxygen atoms in total. The zero-order valence-electron chi connectivity index (χ0n) is 13.9. The first-order valence-electron chi connectivity index (χ1n) is 7.55. The molecular weight excluding hydrogens is 304 g/mol. The lowest BCUT2D eigenvalue weighted by atomic mass is 10.0. The van der Waals surface area contributed by atoms with Crippen LogP contribution in [0.3, 0.4) is 0 Å². The Bertz CT molecular complexity index is 749. The van der Waals surface area contributed by atoms with Gasteiger partial charge in [0.05, 0.1) is 0 Å². The van der Waals surface area contributed by atoms with E-state index in [1.807, 2.05) is 36.4 Å². The Labute approximate surface area is 141 Å². The van der Waals surface area contributed by atoms with Crippen molar-refractivity contribution >= 4 is 22.7 Å². The van der Waals surface area contributed by atoms with Gasteiger partial charge in [-0.15, -0.1) is 0 Å². The summed E-state index contributed by atoms with van der Waals surface area (Å²) in [6, 6.07) is 11.5. The summed E-state index contributed by atoms with van der Waals surface area (Å²) in [5, 5.41) is 1.91. The molecule has 0 amide bonds. The number of benzene rings is 2. The van der Waals surface area contributed by atoms with E-state index in [0.29, 0.717) is 11.1 Å².